The molecule has 20 heavy (non-hydrogen) atoms. The first kappa shape index (κ1) is 16.3. The quantitative estimate of drug-likeness (QED) is 0.714. The fraction of sp³-hybridized carbons (Fsp3) is 0.647. The Balaban J connectivity index is 2.24. The normalized spacial score (nSPS) is 28.4. The maximum atomic E-state index is 6.52. The van der Waals surface area contributed by atoms with Crippen molar-refractivity contribution in [3.8, 4) is 0 Å². The second-order valence-corrected chi connectivity index (χ2v) is 7.44. The maximum absolute atomic E-state index is 6.52. The van der Waals surface area contributed by atoms with E-state index in [1.165, 1.54) is 24.8 Å². The van der Waals surface area contributed by atoms with Crippen LogP contribution in [-0.2, 0) is 0 Å². The molecule has 2 rings (SSSR count). The third-order valence-corrected chi connectivity index (χ3v) is 6.16. The summed E-state index contributed by atoms with van der Waals surface area (Å²) in [6, 6.07) is 6.65. The minimum absolute atomic E-state index is 0.375. The van der Waals surface area contributed by atoms with Crippen LogP contribution in [0.25, 0.3) is 0 Å². The second-order valence-electron chi connectivity index (χ2n) is 6.21. The standard InChI is InChI=1S/C17H25BrClN/c1-4-20-17(13-9-8-11(2)12(3)10-13)14-6-5-7-15(18)16(14)19/h5-7,11-13,17,20H,4,8-10H2,1-3H3. The summed E-state index contributed by atoms with van der Waals surface area (Å²) >= 11 is 10.1. The number of halogens is 2. The fourth-order valence-electron chi connectivity index (χ4n) is 3.40. The van der Waals surface area contributed by atoms with Crippen molar-refractivity contribution in [2.24, 2.45) is 17.8 Å². The molecule has 3 heteroatoms. The van der Waals surface area contributed by atoms with Crippen LogP contribution in [0.4, 0.5) is 0 Å². The molecule has 1 aliphatic rings. The van der Waals surface area contributed by atoms with E-state index in [9.17, 15) is 0 Å². The van der Waals surface area contributed by atoms with E-state index in [0.29, 0.717) is 12.0 Å². The summed E-state index contributed by atoms with van der Waals surface area (Å²) in [5.41, 5.74) is 1.25. The third-order valence-electron chi connectivity index (χ3n) is 4.85. The highest BCUT2D eigenvalue weighted by molar-refractivity contribution is 9.10. The summed E-state index contributed by atoms with van der Waals surface area (Å²) in [4.78, 5) is 0. The first-order valence-corrected chi connectivity index (χ1v) is 8.89. The van der Waals surface area contributed by atoms with Gasteiger partial charge in [0.25, 0.3) is 0 Å². The van der Waals surface area contributed by atoms with E-state index in [0.717, 1.165) is 27.9 Å². The number of hydrogen-bond acceptors (Lipinski definition) is 1. The van der Waals surface area contributed by atoms with Crippen LogP contribution in [0.2, 0.25) is 5.02 Å². The number of rotatable bonds is 4. The predicted molar refractivity (Wildman–Crippen MR) is 91.2 cm³/mol. The van der Waals surface area contributed by atoms with Crippen molar-refractivity contribution in [3.05, 3.63) is 33.3 Å². The molecule has 0 aromatic heterocycles. The summed E-state index contributed by atoms with van der Waals surface area (Å²) in [5.74, 6) is 2.35. The summed E-state index contributed by atoms with van der Waals surface area (Å²) in [7, 11) is 0. The third kappa shape index (κ3) is 3.58. The molecule has 112 valence electrons. The van der Waals surface area contributed by atoms with Crippen molar-refractivity contribution in [1.29, 1.82) is 0 Å². The largest absolute Gasteiger partial charge is 0.310 e. The zero-order chi connectivity index (χ0) is 14.7. The second kappa shape index (κ2) is 7.29. The molecule has 1 nitrogen and oxygen atoms in total. The van der Waals surface area contributed by atoms with Crippen LogP contribution >= 0.6 is 27.5 Å². The number of hydrogen-bond donors (Lipinski definition) is 1. The summed E-state index contributed by atoms with van der Waals surface area (Å²) < 4.78 is 0.997. The summed E-state index contributed by atoms with van der Waals surface area (Å²) in [5, 5.41) is 4.53. The molecule has 0 bridgehead atoms. The van der Waals surface area contributed by atoms with Gasteiger partial charge in [-0.2, -0.15) is 0 Å². The van der Waals surface area contributed by atoms with Gasteiger partial charge >= 0.3 is 0 Å². The highest BCUT2D eigenvalue weighted by atomic mass is 79.9. The Kier molecular flexibility index (Phi) is 5.95. The van der Waals surface area contributed by atoms with Crippen LogP contribution in [0.15, 0.2) is 22.7 Å². The van der Waals surface area contributed by atoms with Crippen molar-refractivity contribution in [3.63, 3.8) is 0 Å². The molecule has 1 saturated carbocycles. The van der Waals surface area contributed by atoms with Crippen LogP contribution in [-0.4, -0.2) is 6.54 Å². The van der Waals surface area contributed by atoms with Gasteiger partial charge in [0.15, 0.2) is 0 Å². The minimum Gasteiger partial charge on any atom is -0.310 e. The zero-order valence-electron chi connectivity index (χ0n) is 12.6. The molecule has 0 radical (unpaired) electrons. The van der Waals surface area contributed by atoms with Gasteiger partial charge in [0, 0.05) is 10.5 Å². The lowest BCUT2D eigenvalue weighted by molar-refractivity contribution is 0.172. The molecule has 1 fully saturated rings. The lowest BCUT2D eigenvalue weighted by Crippen LogP contribution is -2.33. The molecule has 0 aliphatic heterocycles. The SMILES string of the molecule is CCNC(c1cccc(Br)c1Cl)C1CCC(C)C(C)C1. The predicted octanol–water partition coefficient (Wildman–Crippen LogP) is 5.83. The Bertz CT molecular complexity index is 449. The molecule has 4 unspecified atom stereocenters. The van der Waals surface area contributed by atoms with E-state index in [4.69, 9.17) is 11.6 Å². The molecule has 1 aromatic carbocycles. The molecule has 0 saturated heterocycles. The molecule has 1 N–H and O–H groups in total. The van der Waals surface area contributed by atoms with Crippen LogP contribution in [0, 0.1) is 17.8 Å². The monoisotopic (exact) mass is 357 g/mol. The summed E-state index contributed by atoms with van der Waals surface area (Å²) in [6.07, 6.45) is 3.92. The average molecular weight is 359 g/mol. The Labute approximate surface area is 136 Å². The highest BCUT2D eigenvalue weighted by Crippen LogP contribution is 2.42. The van der Waals surface area contributed by atoms with Gasteiger partial charge in [-0.15, -0.1) is 0 Å². The van der Waals surface area contributed by atoms with E-state index < -0.39 is 0 Å². The van der Waals surface area contributed by atoms with Crippen molar-refractivity contribution < 1.29 is 0 Å². The van der Waals surface area contributed by atoms with Crippen molar-refractivity contribution in [1.82, 2.24) is 5.32 Å². The molecular formula is C17H25BrClN. The van der Waals surface area contributed by atoms with Crippen molar-refractivity contribution in [2.75, 3.05) is 6.54 Å². The van der Waals surface area contributed by atoms with Gasteiger partial charge in [-0.25, -0.2) is 0 Å². The molecule has 0 spiro atoms. The van der Waals surface area contributed by atoms with E-state index in [1.807, 2.05) is 6.07 Å². The number of benzene rings is 1. The topological polar surface area (TPSA) is 12.0 Å². The molecular weight excluding hydrogens is 334 g/mol. The van der Waals surface area contributed by atoms with E-state index >= 15 is 0 Å². The lowest BCUT2D eigenvalue weighted by atomic mass is 9.72. The van der Waals surface area contributed by atoms with Gasteiger partial charge in [-0.3, -0.25) is 0 Å². The van der Waals surface area contributed by atoms with E-state index in [1.54, 1.807) is 0 Å². The van der Waals surface area contributed by atoms with Crippen LogP contribution < -0.4 is 5.32 Å². The van der Waals surface area contributed by atoms with E-state index in [-0.39, 0.29) is 0 Å². The Hall–Kier alpha value is -0.0500. The van der Waals surface area contributed by atoms with Crippen LogP contribution in [0.1, 0.15) is 51.6 Å². The smallest absolute Gasteiger partial charge is 0.0595 e. The van der Waals surface area contributed by atoms with Gasteiger partial charge in [-0.05, 0) is 64.7 Å². The first-order chi connectivity index (χ1) is 9.54. The van der Waals surface area contributed by atoms with Crippen molar-refractivity contribution >= 4 is 27.5 Å². The highest BCUT2D eigenvalue weighted by Gasteiger charge is 2.31. The Morgan fingerprint density at radius 2 is 2.05 bits per heavy atom. The van der Waals surface area contributed by atoms with Crippen molar-refractivity contribution in [2.45, 2.75) is 46.1 Å². The van der Waals surface area contributed by atoms with Gasteiger partial charge in [-0.1, -0.05) is 50.9 Å². The summed E-state index contributed by atoms with van der Waals surface area (Å²) in [6.45, 7) is 7.93. The van der Waals surface area contributed by atoms with Gasteiger partial charge in [0.2, 0.25) is 0 Å². The lowest BCUT2D eigenvalue weighted by Gasteiger charge is -2.37. The number of nitrogens with one attached hydrogen (secondary N) is 1. The van der Waals surface area contributed by atoms with Crippen LogP contribution in [0.3, 0.4) is 0 Å². The molecule has 0 amide bonds. The first-order valence-electron chi connectivity index (χ1n) is 7.71. The molecule has 0 heterocycles. The minimum atomic E-state index is 0.375. The van der Waals surface area contributed by atoms with Gasteiger partial charge < -0.3 is 5.32 Å². The molecule has 1 aliphatic carbocycles. The van der Waals surface area contributed by atoms with E-state index in [2.05, 4.69) is 54.2 Å². The van der Waals surface area contributed by atoms with Gasteiger partial charge in [0.1, 0.15) is 0 Å². The zero-order valence-corrected chi connectivity index (χ0v) is 15.0. The Morgan fingerprint density at radius 1 is 1.30 bits per heavy atom. The molecule has 4 atom stereocenters. The van der Waals surface area contributed by atoms with Gasteiger partial charge in [0.05, 0.1) is 5.02 Å². The maximum Gasteiger partial charge on any atom is 0.0595 e. The molecule has 1 aromatic rings. The average Bonchev–Trinajstić information content (AvgIpc) is 2.43. The van der Waals surface area contributed by atoms with Crippen LogP contribution in [0.5, 0.6) is 0 Å². The fourth-order valence-corrected chi connectivity index (χ4v) is 4.03. The Morgan fingerprint density at radius 3 is 2.70 bits per heavy atom.